The van der Waals surface area contributed by atoms with E-state index in [1.807, 2.05) is 0 Å². The molecule has 2 aromatic rings. The maximum atomic E-state index is 12.6. The van der Waals surface area contributed by atoms with Crippen LogP contribution in [0.2, 0.25) is 5.02 Å². The predicted molar refractivity (Wildman–Crippen MR) is 83.9 cm³/mol. The molecule has 7 heteroatoms. The number of urea groups is 1. The van der Waals surface area contributed by atoms with Gasteiger partial charge in [-0.3, -0.25) is 14.9 Å². The summed E-state index contributed by atoms with van der Waals surface area (Å²) in [6.07, 6.45) is 1.30. The molecule has 0 saturated carbocycles. The molecule has 1 N–H and O–H groups in total. The second-order valence-electron chi connectivity index (χ2n) is 4.89. The number of imide groups is 2. The third-order valence-corrected chi connectivity index (χ3v) is 3.45. The molecule has 6 nitrogen and oxygen atoms in total. The van der Waals surface area contributed by atoms with E-state index >= 15 is 0 Å². The molecule has 0 unspecified atom stereocenters. The van der Waals surface area contributed by atoms with Crippen LogP contribution in [0.25, 0.3) is 6.08 Å². The van der Waals surface area contributed by atoms with Crippen molar-refractivity contribution < 1.29 is 18.8 Å². The number of amides is 4. The third kappa shape index (κ3) is 2.89. The van der Waals surface area contributed by atoms with Crippen LogP contribution in [0.5, 0.6) is 0 Å². The van der Waals surface area contributed by atoms with Crippen molar-refractivity contribution in [3.05, 3.63) is 58.5 Å². The van der Waals surface area contributed by atoms with Crippen molar-refractivity contribution in [1.82, 2.24) is 5.32 Å². The Hall–Kier alpha value is -2.86. The molecule has 0 bridgehead atoms. The van der Waals surface area contributed by atoms with Gasteiger partial charge in [-0.2, -0.15) is 0 Å². The first-order valence-corrected chi connectivity index (χ1v) is 7.07. The lowest BCUT2D eigenvalue weighted by Gasteiger charge is -2.26. The lowest BCUT2D eigenvalue weighted by Crippen LogP contribution is -2.54. The lowest BCUT2D eigenvalue weighted by atomic mass is 10.1. The Kier molecular flexibility index (Phi) is 3.75. The molecule has 1 aliphatic heterocycles. The molecule has 1 aromatic heterocycles. The van der Waals surface area contributed by atoms with Crippen molar-refractivity contribution in [2.24, 2.45) is 0 Å². The van der Waals surface area contributed by atoms with E-state index in [9.17, 15) is 14.4 Å². The van der Waals surface area contributed by atoms with Gasteiger partial charge in [-0.1, -0.05) is 17.7 Å². The molecule has 0 spiro atoms. The summed E-state index contributed by atoms with van der Waals surface area (Å²) < 4.78 is 5.34. The van der Waals surface area contributed by atoms with Gasteiger partial charge >= 0.3 is 6.03 Å². The fraction of sp³-hybridized carbons (Fsp3) is 0.0625. The van der Waals surface area contributed by atoms with Crippen LogP contribution >= 0.6 is 11.6 Å². The van der Waals surface area contributed by atoms with Crippen molar-refractivity contribution in [2.45, 2.75) is 6.92 Å². The lowest BCUT2D eigenvalue weighted by molar-refractivity contribution is -0.122. The molecule has 0 radical (unpaired) electrons. The van der Waals surface area contributed by atoms with E-state index < -0.39 is 17.8 Å². The summed E-state index contributed by atoms with van der Waals surface area (Å²) in [6, 6.07) is 8.74. The van der Waals surface area contributed by atoms with E-state index in [-0.39, 0.29) is 11.3 Å². The van der Waals surface area contributed by atoms with Crippen molar-refractivity contribution in [1.29, 1.82) is 0 Å². The molecule has 116 valence electrons. The molecule has 2 heterocycles. The molecule has 1 aliphatic rings. The van der Waals surface area contributed by atoms with Gasteiger partial charge in [0, 0.05) is 5.02 Å². The molecule has 23 heavy (non-hydrogen) atoms. The summed E-state index contributed by atoms with van der Waals surface area (Å²) in [5.41, 5.74) is 0.0768. The number of benzene rings is 1. The van der Waals surface area contributed by atoms with Gasteiger partial charge in [-0.15, -0.1) is 0 Å². The monoisotopic (exact) mass is 330 g/mol. The Balaban J connectivity index is 2.02. The highest BCUT2D eigenvalue weighted by atomic mass is 35.5. The molecule has 0 atom stereocenters. The number of rotatable bonds is 2. The molecule has 3 rings (SSSR count). The highest BCUT2D eigenvalue weighted by Crippen LogP contribution is 2.24. The first kappa shape index (κ1) is 15.1. The number of carbonyl (C=O) groups excluding carboxylic acids is 3. The van der Waals surface area contributed by atoms with Crippen molar-refractivity contribution in [3.63, 3.8) is 0 Å². The fourth-order valence-electron chi connectivity index (χ4n) is 2.18. The average Bonchev–Trinajstić information content (AvgIpc) is 2.89. The Labute approximate surface area is 136 Å². The summed E-state index contributed by atoms with van der Waals surface area (Å²) in [5, 5.41) is 2.50. The minimum Gasteiger partial charge on any atom is -0.462 e. The van der Waals surface area contributed by atoms with Crippen LogP contribution in [-0.4, -0.2) is 17.8 Å². The number of anilines is 1. The molecular weight excluding hydrogens is 320 g/mol. The standard InChI is InChI=1S/C16H11ClN2O4/c1-9-5-6-12(23-9)8-13-14(20)18-16(22)19(15(13)21)11-4-2-3-10(17)7-11/h2-8H,1H3,(H,18,20,22)/b13-8+. The number of aryl methyl sites for hydroxylation is 1. The highest BCUT2D eigenvalue weighted by molar-refractivity contribution is 6.39. The van der Waals surface area contributed by atoms with E-state index in [1.54, 1.807) is 37.3 Å². The number of hydrogen-bond acceptors (Lipinski definition) is 4. The number of hydrogen-bond donors (Lipinski definition) is 1. The van der Waals surface area contributed by atoms with Gasteiger partial charge in [0.25, 0.3) is 11.8 Å². The van der Waals surface area contributed by atoms with E-state index in [0.29, 0.717) is 16.5 Å². The first-order chi connectivity index (χ1) is 11.0. The zero-order valence-electron chi connectivity index (χ0n) is 12.0. The predicted octanol–water partition coefficient (Wildman–Crippen LogP) is 2.91. The van der Waals surface area contributed by atoms with Gasteiger partial charge in [0.15, 0.2) is 0 Å². The number of halogens is 1. The van der Waals surface area contributed by atoms with Gasteiger partial charge in [0.1, 0.15) is 17.1 Å². The van der Waals surface area contributed by atoms with Crippen LogP contribution in [-0.2, 0) is 9.59 Å². The molecule has 4 amide bonds. The zero-order chi connectivity index (χ0) is 16.6. The normalized spacial score (nSPS) is 16.9. The summed E-state index contributed by atoms with van der Waals surface area (Å²) in [7, 11) is 0. The Morgan fingerprint density at radius 2 is 1.96 bits per heavy atom. The molecular formula is C16H11ClN2O4. The minimum absolute atomic E-state index is 0.195. The van der Waals surface area contributed by atoms with Crippen LogP contribution in [0.3, 0.4) is 0 Å². The van der Waals surface area contributed by atoms with Crippen molar-refractivity contribution >= 4 is 41.2 Å². The number of nitrogens with one attached hydrogen (secondary N) is 1. The summed E-state index contributed by atoms with van der Waals surface area (Å²) in [4.78, 5) is 37.4. The van der Waals surface area contributed by atoms with Crippen molar-refractivity contribution in [3.8, 4) is 0 Å². The quantitative estimate of drug-likeness (QED) is 0.678. The summed E-state index contributed by atoms with van der Waals surface area (Å²) in [5.74, 6) is -0.521. The van der Waals surface area contributed by atoms with Crippen LogP contribution in [0.15, 0.2) is 46.4 Å². The molecule has 1 aromatic carbocycles. The van der Waals surface area contributed by atoms with Crippen molar-refractivity contribution in [2.75, 3.05) is 4.90 Å². The Morgan fingerprint density at radius 3 is 2.61 bits per heavy atom. The van der Waals surface area contributed by atoms with E-state index in [0.717, 1.165) is 4.90 Å². The number of barbiturate groups is 1. The zero-order valence-corrected chi connectivity index (χ0v) is 12.8. The highest BCUT2D eigenvalue weighted by Gasteiger charge is 2.37. The van der Waals surface area contributed by atoms with Crippen LogP contribution < -0.4 is 10.2 Å². The van der Waals surface area contributed by atoms with Crippen LogP contribution in [0.1, 0.15) is 11.5 Å². The van der Waals surface area contributed by atoms with Gasteiger partial charge in [-0.25, -0.2) is 9.69 Å². The fourth-order valence-corrected chi connectivity index (χ4v) is 2.36. The molecule has 1 saturated heterocycles. The second-order valence-corrected chi connectivity index (χ2v) is 5.32. The first-order valence-electron chi connectivity index (χ1n) is 6.69. The Bertz CT molecular complexity index is 853. The largest absolute Gasteiger partial charge is 0.462 e. The Morgan fingerprint density at radius 1 is 1.17 bits per heavy atom. The topological polar surface area (TPSA) is 79.6 Å². The molecule has 1 fully saturated rings. The molecule has 0 aliphatic carbocycles. The summed E-state index contributed by atoms with van der Waals surface area (Å²) >= 11 is 5.89. The van der Waals surface area contributed by atoms with Gasteiger partial charge in [0.05, 0.1) is 5.69 Å². The van der Waals surface area contributed by atoms with Crippen LogP contribution in [0.4, 0.5) is 10.5 Å². The third-order valence-electron chi connectivity index (χ3n) is 3.22. The van der Waals surface area contributed by atoms with E-state index in [2.05, 4.69) is 5.32 Å². The summed E-state index contributed by atoms with van der Waals surface area (Å²) in [6.45, 7) is 1.74. The SMILES string of the molecule is Cc1ccc(/C=C2\C(=O)NC(=O)N(c3cccc(Cl)c3)C2=O)o1. The number of furan rings is 1. The smallest absolute Gasteiger partial charge is 0.335 e. The van der Waals surface area contributed by atoms with Gasteiger partial charge < -0.3 is 4.42 Å². The maximum Gasteiger partial charge on any atom is 0.335 e. The second kappa shape index (κ2) is 5.73. The number of nitrogens with zero attached hydrogens (tertiary/aromatic N) is 1. The minimum atomic E-state index is -0.824. The van der Waals surface area contributed by atoms with E-state index in [4.69, 9.17) is 16.0 Å². The van der Waals surface area contributed by atoms with Gasteiger partial charge in [0.2, 0.25) is 0 Å². The van der Waals surface area contributed by atoms with Crippen LogP contribution in [0, 0.1) is 6.92 Å². The maximum absolute atomic E-state index is 12.6. The number of carbonyl (C=O) groups is 3. The van der Waals surface area contributed by atoms with E-state index in [1.165, 1.54) is 12.1 Å². The van der Waals surface area contributed by atoms with Gasteiger partial charge in [-0.05, 0) is 43.3 Å². The average molecular weight is 331 g/mol.